The summed E-state index contributed by atoms with van der Waals surface area (Å²) in [5.74, 6) is 0.863. The smallest absolute Gasteiger partial charge is 0.270 e. The van der Waals surface area contributed by atoms with E-state index in [0.717, 1.165) is 10.9 Å². The number of non-ortho nitro benzene ring substituents is 1. The van der Waals surface area contributed by atoms with Gasteiger partial charge in [0.2, 0.25) is 0 Å². The number of aromatic nitrogens is 2. The molecule has 0 unspecified atom stereocenters. The number of nitrogens with two attached hydrogens (primary N) is 1. The van der Waals surface area contributed by atoms with E-state index in [1.165, 1.54) is 18.2 Å². The highest BCUT2D eigenvalue weighted by atomic mass is 35.5. The number of carbonyl (C=O) groups is 1. The van der Waals surface area contributed by atoms with E-state index in [9.17, 15) is 14.9 Å². The van der Waals surface area contributed by atoms with Crippen molar-refractivity contribution in [2.45, 2.75) is 6.54 Å². The van der Waals surface area contributed by atoms with Crippen LogP contribution in [0.1, 0.15) is 16.2 Å². The van der Waals surface area contributed by atoms with E-state index in [0.29, 0.717) is 44.4 Å². The third-order valence-corrected chi connectivity index (χ3v) is 5.41. The largest absolute Gasteiger partial charge is 0.383 e. The average molecular weight is 427 g/mol. The Labute approximate surface area is 177 Å². The lowest BCUT2D eigenvalue weighted by atomic mass is 10.1. The van der Waals surface area contributed by atoms with Crippen LogP contribution < -0.4 is 5.73 Å². The number of carbonyl (C=O) groups excluding carboxylic acids is 1. The highest BCUT2D eigenvalue weighted by Gasteiger charge is 2.25. The first-order chi connectivity index (χ1) is 14.4. The number of para-hydroxylation sites is 1. The van der Waals surface area contributed by atoms with Crippen molar-refractivity contribution in [3.8, 4) is 0 Å². The molecule has 0 spiro atoms. The van der Waals surface area contributed by atoms with Crippen LogP contribution in [0, 0.1) is 10.1 Å². The van der Waals surface area contributed by atoms with E-state index in [-0.39, 0.29) is 22.2 Å². The fourth-order valence-corrected chi connectivity index (χ4v) is 3.75. The molecule has 1 saturated heterocycles. The first kappa shape index (κ1) is 20.0. The van der Waals surface area contributed by atoms with Gasteiger partial charge in [-0.15, -0.1) is 0 Å². The zero-order valence-electron chi connectivity index (χ0n) is 16.0. The molecule has 1 aliphatic rings. The summed E-state index contributed by atoms with van der Waals surface area (Å²) in [6, 6.07) is 11.5. The van der Waals surface area contributed by atoms with Crippen molar-refractivity contribution in [1.29, 1.82) is 0 Å². The lowest BCUT2D eigenvalue weighted by Gasteiger charge is -2.34. The molecule has 0 atom stereocenters. The predicted molar refractivity (Wildman–Crippen MR) is 113 cm³/mol. The minimum Gasteiger partial charge on any atom is -0.383 e. The molecule has 1 aromatic heterocycles. The van der Waals surface area contributed by atoms with Gasteiger partial charge in [0.25, 0.3) is 11.6 Å². The number of nitrogens with zero attached hydrogens (tertiary/aromatic N) is 5. The fraction of sp³-hybridized carbons (Fsp3) is 0.250. The Balaban J connectivity index is 1.40. The molecule has 2 heterocycles. The average Bonchev–Trinajstić information content (AvgIpc) is 2.74. The van der Waals surface area contributed by atoms with E-state index < -0.39 is 4.92 Å². The van der Waals surface area contributed by atoms with Crippen molar-refractivity contribution in [2.75, 3.05) is 31.9 Å². The van der Waals surface area contributed by atoms with Crippen molar-refractivity contribution in [3.63, 3.8) is 0 Å². The van der Waals surface area contributed by atoms with Crippen molar-refractivity contribution in [3.05, 3.63) is 69.0 Å². The van der Waals surface area contributed by atoms with Gasteiger partial charge in [0.05, 0.1) is 27.6 Å². The molecular formula is C20H19ClN6O3. The first-order valence-corrected chi connectivity index (χ1v) is 9.77. The summed E-state index contributed by atoms with van der Waals surface area (Å²) in [5.41, 5.74) is 6.98. The van der Waals surface area contributed by atoms with E-state index in [1.54, 1.807) is 4.90 Å². The Bertz CT molecular complexity index is 1130. The van der Waals surface area contributed by atoms with Gasteiger partial charge in [-0.1, -0.05) is 23.7 Å². The van der Waals surface area contributed by atoms with Crippen molar-refractivity contribution in [1.82, 2.24) is 19.8 Å². The molecule has 0 saturated carbocycles. The third-order valence-electron chi connectivity index (χ3n) is 5.10. The van der Waals surface area contributed by atoms with Gasteiger partial charge in [-0.3, -0.25) is 19.8 Å². The number of amides is 1. The Hall–Kier alpha value is -3.30. The highest BCUT2D eigenvalue weighted by Crippen LogP contribution is 2.24. The van der Waals surface area contributed by atoms with Gasteiger partial charge in [0.1, 0.15) is 11.6 Å². The molecule has 2 N–H and O–H groups in total. The van der Waals surface area contributed by atoms with Crippen LogP contribution in [0.5, 0.6) is 0 Å². The maximum absolute atomic E-state index is 12.8. The molecule has 2 aromatic carbocycles. The van der Waals surface area contributed by atoms with Gasteiger partial charge in [-0.05, 0) is 18.2 Å². The third kappa shape index (κ3) is 4.03. The van der Waals surface area contributed by atoms with Gasteiger partial charge in [-0.2, -0.15) is 0 Å². The summed E-state index contributed by atoms with van der Waals surface area (Å²) in [5, 5.41) is 11.8. The quantitative estimate of drug-likeness (QED) is 0.503. The number of anilines is 1. The predicted octanol–water partition coefficient (Wildman–Crippen LogP) is 2.73. The summed E-state index contributed by atoms with van der Waals surface area (Å²) < 4.78 is 0. The molecule has 4 rings (SSSR count). The second kappa shape index (κ2) is 8.21. The van der Waals surface area contributed by atoms with Gasteiger partial charge in [0.15, 0.2) is 0 Å². The molecule has 9 nitrogen and oxygen atoms in total. The molecule has 154 valence electrons. The van der Waals surface area contributed by atoms with Crippen LogP contribution in [-0.2, 0) is 6.54 Å². The molecule has 0 aliphatic carbocycles. The van der Waals surface area contributed by atoms with Crippen LogP contribution in [0.3, 0.4) is 0 Å². The summed E-state index contributed by atoms with van der Waals surface area (Å²) in [6.07, 6.45) is 0. The minimum atomic E-state index is -0.541. The fourth-order valence-electron chi connectivity index (χ4n) is 3.49. The van der Waals surface area contributed by atoms with Crippen molar-refractivity contribution in [2.24, 2.45) is 0 Å². The summed E-state index contributed by atoms with van der Waals surface area (Å²) in [4.78, 5) is 35.9. The molecule has 1 amide bonds. The number of nitro benzene ring substituents is 1. The maximum Gasteiger partial charge on any atom is 0.270 e. The zero-order valence-corrected chi connectivity index (χ0v) is 16.7. The van der Waals surface area contributed by atoms with Crippen LogP contribution in [0.4, 0.5) is 11.5 Å². The second-order valence-corrected chi connectivity index (χ2v) is 7.44. The summed E-state index contributed by atoms with van der Waals surface area (Å²) in [7, 11) is 0. The zero-order chi connectivity index (χ0) is 21.3. The topological polar surface area (TPSA) is 118 Å². The Morgan fingerprint density at radius 2 is 1.87 bits per heavy atom. The van der Waals surface area contributed by atoms with Gasteiger partial charge >= 0.3 is 0 Å². The molecular weight excluding hydrogens is 408 g/mol. The first-order valence-electron chi connectivity index (χ1n) is 9.39. The molecule has 3 aromatic rings. The summed E-state index contributed by atoms with van der Waals surface area (Å²) in [6.45, 7) is 2.85. The number of nitro groups is 1. The molecule has 30 heavy (non-hydrogen) atoms. The Morgan fingerprint density at radius 3 is 2.57 bits per heavy atom. The van der Waals surface area contributed by atoms with Gasteiger partial charge in [-0.25, -0.2) is 9.97 Å². The van der Waals surface area contributed by atoms with Gasteiger partial charge in [0, 0.05) is 43.7 Å². The molecule has 10 heteroatoms. The Kier molecular flexibility index (Phi) is 5.47. The number of piperazine rings is 1. The number of nitrogen functional groups attached to an aromatic ring is 1. The molecule has 0 radical (unpaired) electrons. The number of hydrogen-bond acceptors (Lipinski definition) is 7. The van der Waals surface area contributed by atoms with E-state index in [2.05, 4.69) is 14.9 Å². The van der Waals surface area contributed by atoms with Crippen LogP contribution in [-0.4, -0.2) is 56.8 Å². The van der Waals surface area contributed by atoms with Crippen molar-refractivity contribution >= 4 is 39.9 Å². The monoisotopic (exact) mass is 426 g/mol. The number of fused-ring (bicyclic) bond motifs is 1. The number of halogens is 1. The van der Waals surface area contributed by atoms with E-state index >= 15 is 0 Å². The lowest BCUT2D eigenvalue weighted by Crippen LogP contribution is -2.48. The molecule has 1 aliphatic heterocycles. The number of rotatable bonds is 4. The van der Waals surface area contributed by atoms with Crippen LogP contribution in [0.25, 0.3) is 10.9 Å². The Morgan fingerprint density at radius 1 is 1.13 bits per heavy atom. The minimum absolute atomic E-state index is 0.0802. The molecule has 0 bridgehead atoms. The van der Waals surface area contributed by atoms with Gasteiger partial charge < -0.3 is 10.6 Å². The van der Waals surface area contributed by atoms with Crippen LogP contribution in [0.2, 0.25) is 5.02 Å². The van der Waals surface area contributed by atoms with E-state index in [1.807, 2.05) is 24.3 Å². The van der Waals surface area contributed by atoms with Crippen molar-refractivity contribution < 1.29 is 9.72 Å². The number of hydrogen-bond donors (Lipinski definition) is 1. The normalized spacial score (nSPS) is 14.8. The standard InChI is InChI=1S/C20H19ClN6O3/c21-16-11-13(27(29)30)5-6-14(16)20(28)26-9-7-25(8-10-26)12-18-23-17-4-2-1-3-15(17)19(22)24-18/h1-6,11H,7-10,12H2,(H2,22,23,24). The van der Waals surface area contributed by atoms with Crippen LogP contribution >= 0.6 is 11.6 Å². The lowest BCUT2D eigenvalue weighted by molar-refractivity contribution is -0.384. The summed E-state index contributed by atoms with van der Waals surface area (Å²) >= 11 is 6.10. The molecule has 1 fully saturated rings. The second-order valence-electron chi connectivity index (χ2n) is 7.03. The maximum atomic E-state index is 12.8. The van der Waals surface area contributed by atoms with E-state index in [4.69, 9.17) is 17.3 Å². The highest BCUT2D eigenvalue weighted by molar-refractivity contribution is 6.34. The number of benzene rings is 2. The SMILES string of the molecule is Nc1nc(CN2CCN(C(=O)c3ccc([N+](=O)[O-])cc3Cl)CC2)nc2ccccc12. The van der Waals surface area contributed by atoms with Crippen LogP contribution in [0.15, 0.2) is 42.5 Å².